The van der Waals surface area contributed by atoms with Gasteiger partial charge in [0.25, 0.3) is 0 Å². The smallest absolute Gasteiger partial charge is 0.0995 e. The van der Waals surface area contributed by atoms with Crippen molar-refractivity contribution in [2.45, 2.75) is 47.0 Å². The molecule has 2 rings (SSSR count). The summed E-state index contributed by atoms with van der Waals surface area (Å²) in [6.45, 7) is 12.5. The Labute approximate surface area is 158 Å². The third-order valence-electron chi connectivity index (χ3n) is 4.52. The molecule has 2 nitrogen and oxygen atoms in total. The Morgan fingerprint density at radius 2 is 2.12 bits per heavy atom. The molecule has 1 aliphatic rings. The molecule has 1 aromatic heterocycles. The fourth-order valence-corrected chi connectivity index (χ4v) is 3.05. The second kappa shape index (κ2) is 9.15. The standard InChI is InChI=1S/C24H28N2/c1-6-9-21(16-25)22-14-15-23(26-24(22)18(4)5)20-12-7-10-19(17(2)3)11-8-13-20/h7,9,11-15,17H,4,6,8,10H2,1-3,5H3/b12-7+,19-11+,20-13+,21-9+. The van der Waals surface area contributed by atoms with Crippen LogP contribution in [0.15, 0.2) is 54.7 Å². The third-order valence-corrected chi connectivity index (χ3v) is 4.52. The molecule has 0 fully saturated rings. The summed E-state index contributed by atoms with van der Waals surface area (Å²) in [6.07, 6.45) is 13.6. The highest BCUT2D eigenvalue weighted by molar-refractivity contribution is 5.84. The van der Waals surface area contributed by atoms with Crippen LogP contribution in [0.2, 0.25) is 0 Å². The van der Waals surface area contributed by atoms with Crippen molar-refractivity contribution >= 4 is 16.7 Å². The molecular formula is C24H28N2. The van der Waals surface area contributed by atoms with Crippen LogP contribution in [0.3, 0.4) is 0 Å². The Bertz CT molecular complexity index is 839. The van der Waals surface area contributed by atoms with Crippen LogP contribution in [0.25, 0.3) is 16.7 Å². The molecule has 134 valence electrons. The highest BCUT2D eigenvalue weighted by Crippen LogP contribution is 2.27. The number of allylic oxidation sites excluding steroid dienone is 9. The number of rotatable bonds is 5. The summed E-state index contributed by atoms with van der Waals surface area (Å²) in [4.78, 5) is 4.84. The maximum atomic E-state index is 9.47. The largest absolute Gasteiger partial charge is 0.248 e. The van der Waals surface area contributed by atoms with Crippen molar-refractivity contribution in [3.8, 4) is 6.07 Å². The Morgan fingerprint density at radius 1 is 1.35 bits per heavy atom. The van der Waals surface area contributed by atoms with Crippen molar-refractivity contribution in [1.29, 1.82) is 5.26 Å². The second-order valence-corrected chi connectivity index (χ2v) is 6.95. The summed E-state index contributed by atoms with van der Waals surface area (Å²) < 4.78 is 0. The quantitative estimate of drug-likeness (QED) is 0.437. The molecule has 2 heteroatoms. The predicted octanol–water partition coefficient (Wildman–Crippen LogP) is 6.75. The van der Waals surface area contributed by atoms with E-state index in [2.05, 4.69) is 50.8 Å². The summed E-state index contributed by atoms with van der Waals surface area (Å²) >= 11 is 0. The van der Waals surface area contributed by atoms with Gasteiger partial charge in [0.2, 0.25) is 0 Å². The van der Waals surface area contributed by atoms with Gasteiger partial charge in [0.1, 0.15) is 0 Å². The zero-order chi connectivity index (χ0) is 19.1. The molecule has 0 amide bonds. The molecule has 1 aliphatic carbocycles. The second-order valence-electron chi connectivity index (χ2n) is 6.95. The molecule has 0 saturated carbocycles. The first kappa shape index (κ1) is 19.7. The molecule has 1 aromatic rings. The van der Waals surface area contributed by atoms with Gasteiger partial charge in [-0.2, -0.15) is 5.26 Å². The zero-order valence-electron chi connectivity index (χ0n) is 16.3. The van der Waals surface area contributed by atoms with Gasteiger partial charge in [-0.05, 0) is 55.4 Å². The van der Waals surface area contributed by atoms with Gasteiger partial charge >= 0.3 is 0 Å². The summed E-state index contributed by atoms with van der Waals surface area (Å²) in [5.41, 5.74) is 6.73. The first-order chi connectivity index (χ1) is 12.5. The minimum absolute atomic E-state index is 0.580. The summed E-state index contributed by atoms with van der Waals surface area (Å²) in [5, 5.41) is 9.47. The van der Waals surface area contributed by atoms with Crippen LogP contribution in [0, 0.1) is 17.2 Å². The lowest BCUT2D eigenvalue weighted by molar-refractivity contribution is 0.742. The van der Waals surface area contributed by atoms with Crippen molar-refractivity contribution in [3.63, 3.8) is 0 Å². The van der Waals surface area contributed by atoms with E-state index in [4.69, 9.17) is 4.98 Å². The van der Waals surface area contributed by atoms with Crippen LogP contribution < -0.4 is 0 Å². The van der Waals surface area contributed by atoms with Gasteiger partial charge in [-0.1, -0.05) is 63.3 Å². The number of hydrogen-bond donors (Lipinski definition) is 0. The fourth-order valence-electron chi connectivity index (χ4n) is 3.05. The van der Waals surface area contributed by atoms with Gasteiger partial charge in [0, 0.05) is 5.56 Å². The molecular weight excluding hydrogens is 316 g/mol. The molecule has 0 aromatic carbocycles. The Balaban J connectivity index is 2.45. The maximum absolute atomic E-state index is 9.47. The SMILES string of the molecule is C=C(C)c1nc(C2=C/C/C=C(/C(C)C)C\C=C\2)ccc1/C(C#N)=C/CC. The van der Waals surface area contributed by atoms with Crippen LogP contribution in [0.1, 0.15) is 63.9 Å². The van der Waals surface area contributed by atoms with Crippen molar-refractivity contribution in [2.75, 3.05) is 0 Å². The summed E-state index contributed by atoms with van der Waals surface area (Å²) in [6, 6.07) is 6.30. The third kappa shape index (κ3) is 4.70. The topological polar surface area (TPSA) is 36.7 Å². The number of nitriles is 1. The molecule has 0 spiro atoms. The van der Waals surface area contributed by atoms with Gasteiger partial charge < -0.3 is 0 Å². The van der Waals surface area contributed by atoms with Crippen LogP contribution in [-0.2, 0) is 0 Å². The van der Waals surface area contributed by atoms with Crippen molar-refractivity contribution in [1.82, 2.24) is 4.98 Å². The van der Waals surface area contributed by atoms with Gasteiger partial charge in [0.15, 0.2) is 0 Å². The van der Waals surface area contributed by atoms with E-state index in [-0.39, 0.29) is 0 Å². The highest BCUT2D eigenvalue weighted by atomic mass is 14.7. The van der Waals surface area contributed by atoms with Crippen molar-refractivity contribution in [2.24, 2.45) is 5.92 Å². The van der Waals surface area contributed by atoms with Crippen LogP contribution in [-0.4, -0.2) is 4.98 Å². The number of pyridine rings is 1. The number of nitrogens with zero attached hydrogens (tertiary/aromatic N) is 2. The van der Waals surface area contributed by atoms with E-state index in [1.54, 1.807) is 0 Å². The molecule has 26 heavy (non-hydrogen) atoms. The Kier molecular flexibility index (Phi) is 6.92. The normalized spacial score (nSPS) is 20.2. The molecule has 0 unspecified atom stereocenters. The van der Waals surface area contributed by atoms with Crippen molar-refractivity contribution < 1.29 is 0 Å². The molecule has 0 aliphatic heterocycles. The number of hydrogen-bond acceptors (Lipinski definition) is 2. The average molecular weight is 345 g/mol. The predicted molar refractivity (Wildman–Crippen MR) is 112 cm³/mol. The molecule has 0 radical (unpaired) electrons. The van der Waals surface area contributed by atoms with E-state index in [1.807, 2.05) is 32.1 Å². The van der Waals surface area contributed by atoms with E-state index in [1.165, 1.54) is 5.57 Å². The van der Waals surface area contributed by atoms with Gasteiger partial charge in [-0.25, -0.2) is 4.98 Å². The monoisotopic (exact) mass is 344 g/mol. The van der Waals surface area contributed by atoms with Crippen LogP contribution in [0.4, 0.5) is 0 Å². The van der Waals surface area contributed by atoms with E-state index in [9.17, 15) is 5.26 Å². The molecule has 1 heterocycles. The maximum Gasteiger partial charge on any atom is 0.0995 e. The molecule has 0 saturated heterocycles. The molecule has 0 N–H and O–H groups in total. The summed E-state index contributed by atoms with van der Waals surface area (Å²) in [5.74, 6) is 0.580. The molecule has 0 bridgehead atoms. The van der Waals surface area contributed by atoms with Crippen molar-refractivity contribution in [3.05, 3.63) is 71.6 Å². The minimum Gasteiger partial charge on any atom is -0.248 e. The first-order valence-electron chi connectivity index (χ1n) is 9.31. The van der Waals surface area contributed by atoms with Crippen LogP contribution in [0.5, 0.6) is 0 Å². The van der Waals surface area contributed by atoms with Gasteiger partial charge in [-0.3, -0.25) is 0 Å². The van der Waals surface area contributed by atoms with Gasteiger partial charge in [0.05, 0.1) is 23.0 Å². The minimum atomic E-state index is 0.580. The fraction of sp³-hybridized carbons (Fsp3) is 0.333. The van der Waals surface area contributed by atoms with Gasteiger partial charge in [-0.15, -0.1) is 0 Å². The molecule has 0 atom stereocenters. The lowest BCUT2D eigenvalue weighted by Crippen LogP contribution is -1.99. The van der Waals surface area contributed by atoms with Crippen LogP contribution >= 0.6 is 0 Å². The van der Waals surface area contributed by atoms with E-state index >= 15 is 0 Å². The summed E-state index contributed by atoms with van der Waals surface area (Å²) in [7, 11) is 0. The average Bonchev–Trinajstić information content (AvgIpc) is 2.59. The lowest BCUT2D eigenvalue weighted by Gasteiger charge is -2.13. The Hall–Kier alpha value is -2.66. The lowest BCUT2D eigenvalue weighted by atomic mass is 9.94. The number of aromatic nitrogens is 1. The van der Waals surface area contributed by atoms with E-state index in [0.717, 1.165) is 47.4 Å². The first-order valence-corrected chi connectivity index (χ1v) is 9.31. The van der Waals surface area contributed by atoms with E-state index in [0.29, 0.717) is 11.5 Å². The Morgan fingerprint density at radius 3 is 2.73 bits per heavy atom. The zero-order valence-corrected chi connectivity index (χ0v) is 16.3. The van der Waals surface area contributed by atoms with E-state index < -0.39 is 0 Å². The highest BCUT2D eigenvalue weighted by Gasteiger charge is 2.13.